The monoisotopic (exact) mass is 663 g/mol. The largest absolute Gasteiger partial charge is 0.493 e. The van der Waals surface area contributed by atoms with Gasteiger partial charge in [-0.05, 0) is 56.2 Å². The third-order valence-corrected chi connectivity index (χ3v) is 9.64. The number of methoxy groups -OCH3 is 2. The normalized spacial score (nSPS) is 11.9. The summed E-state index contributed by atoms with van der Waals surface area (Å²) in [7, 11) is -1.36. The van der Waals surface area contributed by atoms with Crippen molar-refractivity contribution in [3.8, 4) is 11.5 Å². The Bertz CT molecular complexity index is 1530. The van der Waals surface area contributed by atoms with Gasteiger partial charge >= 0.3 is 0 Å². The molecule has 0 saturated heterocycles. The molecule has 0 heterocycles. The van der Waals surface area contributed by atoms with Crippen molar-refractivity contribution < 1.29 is 27.5 Å². The number of benzene rings is 3. The first kappa shape index (κ1) is 35.0. The molecule has 3 aromatic rings. The van der Waals surface area contributed by atoms with E-state index in [9.17, 15) is 18.0 Å². The molecule has 0 aliphatic heterocycles. The minimum atomic E-state index is -4.27. The number of nitrogens with zero attached hydrogens (tertiary/aromatic N) is 2. The van der Waals surface area contributed by atoms with Gasteiger partial charge < -0.3 is 19.7 Å². The minimum Gasteiger partial charge on any atom is -0.493 e. The number of halogens is 2. The molecule has 3 aromatic carbocycles. The quantitative estimate of drug-likeness (QED) is 0.193. The third kappa shape index (κ3) is 8.37. The summed E-state index contributed by atoms with van der Waals surface area (Å²) < 4.78 is 40.0. The van der Waals surface area contributed by atoms with Gasteiger partial charge in [0.05, 0.1) is 24.8 Å². The van der Waals surface area contributed by atoms with Crippen molar-refractivity contribution >= 4 is 50.7 Å². The lowest BCUT2D eigenvalue weighted by Gasteiger charge is -2.33. The average Bonchev–Trinajstić information content (AvgIpc) is 3.00. The molecule has 1 atom stereocenters. The maximum Gasteiger partial charge on any atom is 0.264 e. The summed E-state index contributed by atoms with van der Waals surface area (Å²) in [5.74, 6) is -0.302. The number of carbonyl (C=O) groups excluding carboxylic acids is 2. The van der Waals surface area contributed by atoms with Gasteiger partial charge in [-0.1, -0.05) is 67.2 Å². The Kier molecular flexibility index (Phi) is 12.7. The maximum absolute atomic E-state index is 14.3. The number of amides is 2. The molecule has 44 heavy (non-hydrogen) atoms. The van der Waals surface area contributed by atoms with E-state index in [-0.39, 0.29) is 35.2 Å². The van der Waals surface area contributed by atoms with E-state index < -0.39 is 28.5 Å². The smallest absolute Gasteiger partial charge is 0.264 e. The van der Waals surface area contributed by atoms with Gasteiger partial charge in [0.15, 0.2) is 11.5 Å². The SMILES string of the molecule is CCCCNC(=O)C(CC)N(Cc1c(Cl)cccc1Cl)C(=O)CN(c1ccc(OC)c(OC)c1)S(=O)(=O)c1ccc(C)cc1. The lowest BCUT2D eigenvalue weighted by Crippen LogP contribution is -2.52. The molecule has 0 aliphatic rings. The summed E-state index contributed by atoms with van der Waals surface area (Å²) in [6, 6.07) is 15.0. The van der Waals surface area contributed by atoms with E-state index in [0.717, 1.165) is 22.7 Å². The number of hydrogen-bond donors (Lipinski definition) is 1. The number of anilines is 1. The Morgan fingerprint density at radius 1 is 0.932 bits per heavy atom. The molecular formula is C32H39Cl2N3O6S. The Morgan fingerprint density at radius 2 is 1.57 bits per heavy atom. The van der Waals surface area contributed by atoms with Gasteiger partial charge in [-0.25, -0.2) is 8.42 Å². The molecule has 0 aromatic heterocycles. The molecule has 2 amide bonds. The highest BCUT2D eigenvalue weighted by Crippen LogP contribution is 2.34. The van der Waals surface area contributed by atoms with Crippen LogP contribution < -0.4 is 19.1 Å². The Balaban J connectivity index is 2.13. The van der Waals surface area contributed by atoms with Gasteiger partial charge in [0.1, 0.15) is 12.6 Å². The number of unbranched alkanes of at least 4 members (excludes halogenated alkanes) is 1. The van der Waals surface area contributed by atoms with Gasteiger partial charge in [-0.3, -0.25) is 13.9 Å². The summed E-state index contributed by atoms with van der Waals surface area (Å²) in [6.45, 7) is 5.36. The van der Waals surface area contributed by atoms with Crippen LogP contribution in [0.2, 0.25) is 10.0 Å². The lowest BCUT2D eigenvalue weighted by molar-refractivity contribution is -0.140. The fraction of sp³-hybridized carbons (Fsp3) is 0.375. The van der Waals surface area contributed by atoms with E-state index in [1.165, 1.54) is 43.4 Å². The molecule has 0 saturated carbocycles. The first-order chi connectivity index (χ1) is 21.0. The van der Waals surface area contributed by atoms with Crippen molar-refractivity contribution in [1.29, 1.82) is 0 Å². The van der Waals surface area contributed by atoms with Crippen molar-refractivity contribution in [3.63, 3.8) is 0 Å². The van der Waals surface area contributed by atoms with Crippen LogP contribution in [-0.4, -0.2) is 58.5 Å². The summed E-state index contributed by atoms with van der Waals surface area (Å²) >= 11 is 13.0. The van der Waals surface area contributed by atoms with E-state index in [1.54, 1.807) is 43.3 Å². The van der Waals surface area contributed by atoms with E-state index in [4.69, 9.17) is 32.7 Å². The Morgan fingerprint density at radius 3 is 2.14 bits per heavy atom. The topological polar surface area (TPSA) is 105 Å². The van der Waals surface area contributed by atoms with Crippen molar-refractivity contribution in [3.05, 3.63) is 81.8 Å². The second-order valence-electron chi connectivity index (χ2n) is 10.2. The minimum absolute atomic E-state index is 0.00395. The molecule has 1 N–H and O–H groups in total. The van der Waals surface area contributed by atoms with Crippen molar-refractivity contribution in [1.82, 2.24) is 10.2 Å². The number of nitrogens with one attached hydrogen (secondary N) is 1. The highest BCUT2D eigenvalue weighted by molar-refractivity contribution is 7.92. The fourth-order valence-corrected chi connectivity index (χ4v) is 6.55. The number of hydrogen-bond acceptors (Lipinski definition) is 6. The number of sulfonamides is 1. The van der Waals surface area contributed by atoms with Crippen molar-refractivity contribution in [2.24, 2.45) is 0 Å². The van der Waals surface area contributed by atoms with E-state index in [2.05, 4.69) is 5.32 Å². The van der Waals surface area contributed by atoms with Crippen LogP contribution >= 0.6 is 23.2 Å². The zero-order valence-corrected chi connectivity index (χ0v) is 27.9. The summed E-state index contributed by atoms with van der Waals surface area (Å²) in [6.07, 6.45) is 1.92. The van der Waals surface area contributed by atoms with Crippen LogP contribution in [-0.2, 0) is 26.2 Å². The molecule has 0 aliphatic carbocycles. The molecule has 9 nitrogen and oxygen atoms in total. The van der Waals surface area contributed by atoms with E-state index >= 15 is 0 Å². The van der Waals surface area contributed by atoms with Crippen molar-refractivity contribution in [2.45, 2.75) is 57.5 Å². The molecule has 12 heteroatoms. The predicted molar refractivity (Wildman–Crippen MR) is 174 cm³/mol. The van der Waals surface area contributed by atoms with Crippen LogP contribution in [0.15, 0.2) is 65.6 Å². The second-order valence-corrected chi connectivity index (χ2v) is 12.8. The summed E-state index contributed by atoms with van der Waals surface area (Å²) in [5, 5.41) is 3.54. The molecule has 1 unspecified atom stereocenters. The van der Waals surface area contributed by atoms with Gasteiger partial charge in [0, 0.05) is 34.8 Å². The molecule has 0 fully saturated rings. The number of aryl methyl sites for hydroxylation is 1. The first-order valence-corrected chi connectivity index (χ1v) is 16.5. The average molecular weight is 665 g/mol. The molecule has 0 bridgehead atoms. The predicted octanol–water partition coefficient (Wildman–Crippen LogP) is 6.24. The summed E-state index contributed by atoms with van der Waals surface area (Å²) in [5.41, 5.74) is 1.50. The van der Waals surface area contributed by atoms with Gasteiger partial charge in [0.2, 0.25) is 11.8 Å². The van der Waals surface area contributed by atoms with Gasteiger partial charge in [-0.2, -0.15) is 0 Å². The highest BCUT2D eigenvalue weighted by atomic mass is 35.5. The van der Waals surface area contributed by atoms with Crippen LogP contribution in [0.1, 0.15) is 44.2 Å². The zero-order chi connectivity index (χ0) is 32.4. The van der Waals surface area contributed by atoms with Crippen LogP contribution in [0.4, 0.5) is 5.69 Å². The first-order valence-electron chi connectivity index (χ1n) is 14.3. The highest BCUT2D eigenvalue weighted by Gasteiger charge is 2.34. The van der Waals surface area contributed by atoms with Crippen LogP contribution in [0.5, 0.6) is 11.5 Å². The molecule has 238 valence electrons. The lowest BCUT2D eigenvalue weighted by atomic mass is 10.1. The third-order valence-electron chi connectivity index (χ3n) is 7.15. The molecule has 0 spiro atoms. The summed E-state index contributed by atoms with van der Waals surface area (Å²) in [4.78, 5) is 29.0. The fourth-order valence-electron chi connectivity index (χ4n) is 4.63. The molecule has 0 radical (unpaired) electrons. The number of ether oxygens (including phenoxy) is 2. The van der Waals surface area contributed by atoms with Crippen molar-refractivity contribution in [2.75, 3.05) is 31.6 Å². The van der Waals surface area contributed by atoms with Gasteiger partial charge in [-0.15, -0.1) is 0 Å². The maximum atomic E-state index is 14.3. The Hall–Kier alpha value is -3.47. The number of carbonyl (C=O) groups is 2. The van der Waals surface area contributed by atoms with E-state index in [1.807, 2.05) is 13.8 Å². The number of rotatable bonds is 15. The standard InChI is InChI=1S/C32H39Cl2N3O6S/c1-6-8-18-35-32(39)28(7-2)36(20-25-26(33)10-9-11-27(25)34)31(38)21-37(23-14-17-29(42-4)30(19-23)43-5)44(40,41)24-15-12-22(3)13-16-24/h9-17,19,28H,6-8,18,20-21H2,1-5H3,(H,35,39). The van der Waals surface area contributed by atoms with Crippen LogP contribution in [0.3, 0.4) is 0 Å². The van der Waals surface area contributed by atoms with Crippen LogP contribution in [0, 0.1) is 6.92 Å². The van der Waals surface area contributed by atoms with Crippen LogP contribution in [0.25, 0.3) is 0 Å². The van der Waals surface area contributed by atoms with E-state index in [0.29, 0.717) is 27.9 Å². The van der Waals surface area contributed by atoms with Gasteiger partial charge in [0.25, 0.3) is 10.0 Å². The zero-order valence-electron chi connectivity index (χ0n) is 25.6. The second kappa shape index (κ2) is 16.0. The Labute approximate surface area is 270 Å². The molecule has 3 rings (SSSR count). The molecular weight excluding hydrogens is 625 g/mol.